The smallest absolute Gasteiger partial charge is 0.0544 e. The Morgan fingerprint density at radius 3 is 2.59 bits per heavy atom. The third kappa shape index (κ3) is 2.10. The fourth-order valence-electron chi connectivity index (χ4n) is 3.24. The molecule has 0 saturated carbocycles. The summed E-state index contributed by atoms with van der Waals surface area (Å²) >= 11 is 0. The van der Waals surface area contributed by atoms with Gasteiger partial charge in [-0.25, -0.2) is 0 Å². The van der Waals surface area contributed by atoms with Gasteiger partial charge in [0.25, 0.3) is 0 Å². The molecule has 0 spiro atoms. The lowest BCUT2D eigenvalue weighted by Crippen LogP contribution is -2.02. The molecule has 1 heterocycles. The molecule has 0 aliphatic heterocycles. The maximum atomic E-state index is 3.60. The second-order valence-electron chi connectivity index (χ2n) is 6.54. The fourth-order valence-corrected chi connectivity index (χ4v) is 3.24. The van der Waals surface area contributed by atoms with Gasteiger partial charge in [0.15, 0.2) is 0 Å². The molecular formula is C21H19N. The van der Waals surface area contributed by atoms with Gasteiger partial charge >= 0.3 is 0 Å². The number of allylic oxidation sites excluding steroid dienone is 6. The van der Waals surface area contributed by atoms with E-state index in [1.165, 1.54) is 32.9 Å². The molecule has 108 valence electrons. The van der Waals surface area contributed by atoms with Gasteiger partial charge in [-0.3, -0.25) is 0 Å². The third-order valence-corrected chi connectivity index (χ3v) is 4.29. The summed E-state index contributed by atoms with van der Waals surface area (Å²) in [5, 5.41) is 2.58. The van der Waals surface area contributed by atoms with Crippen molar-refractivity contribution in [1.29, 1.82) is 0 Å². The summed E-state index contributed by atoms with van der Waals surface area (Å²) in [5.41, 5.74) is 5.01. The summed E-state index contributed by atoms with van der Waals surface area (Å²) in [6, 6.07) is 15.0. The highest BCUT2D eigenvalue weighted by Gasteiger charge is 2.15. The Kier molecular flexibility index (Phi) is 2.83. The summed E-state index contributed by atoms with van der Waals surface area (Å²) < 4.78 is 0. The van der Waals surface area contributed by atoms with Gasteiger partial charge in [-0.2, -0.15) is 0 Å². The van der Waals surface area contributed by atoms with Gasteiger partial charge in [0.1, 0.15) is 0 Å². The third-order valence-electron chi connectivity index (χ3n) is 4.29. The normalized spacial score (nSPS) is 16.9. The van der Waals surface area contributed by atoms with Gasteiger partial charge in [-0.05, 0) is 11.6 Å². The van der Waals surface area contributed by atoms with E-state index in [2.05, 4.69) is 91.7 Å². The van der Waals surface area contributed by atoms with Crippen LogP contribution in [0.5, 0.6) is 0 Å². The van der Waals surface area contributed by atoms with Crippen LogP contribution in [0, 0.1) is 5.41 Å². The average Bonchev–Trinajstić information content (AvgIpc) is 2.79. The minimum atomic E-state index is 0.0625. The van der Waals surface area contributed by atoms with Gasteiger partial charge in [0.2, 0.25) is 0 Å². The first kappa shape index (κ1) is 13.1. The first-order chi connectivity index (χ1) is 10.6. The van der Waals surface area contributed by atoms with E-state index in [0.717, 1.165) is 0 Å². The molecular weight excluding hydrogens is 266 g/mol. The van der Waals surface area contributed by atoms with Gasteiger partial charge in [0.05, 0.1) is 5.52 Å². The molecule has 2 aromatic carbocycles. The maximum Gasteiger partial charge on any atom is 0.0544 e. The van der Waals surface area contributed by atoms with E-state index in [1.807, 2.05) is 0 Å². The standard InChI is InChI=1S/C21H19N/c1-21(2)13-6-5-8-15(14-21)16-10-7-11-18-17-9-3-4-12-19(17)22-20(16)18/h3-14,22H,1-2H3. The number of nitrogens with one attached hydrogen (secondary N) is 1. The van der Waals surface area contributed by atoms with E-state index in [0.29, 0.717) is 0 Å². The number of fused-ring (bicyclic) bond motifs is 3. The molecule has 0 atom stereocenters. The molecule has 0 amide bonds. The van der Waals surface area contributed by atoms with Gasteiger partial charge in [-0.15, -0.1) is 0 Å². The molecule has 1 aromatic heterocycles. The lowest BCUT2D eigenvalue weighted by Gasteiger charge is -2.16. The average molecular weight is 285 g/mol. The number of aromatic amines is 1. The highest BCUT2D eigenvalue weighted by Crippen LogP contribution is 2.34. The fraction of sp³-hybridized carbons (Fsp3) is 0.143. The van der Waals surface area contributed by atoms with Crippen molar-refractivity contribution in [1.82, 2.24) is 4.98 Å². The van der Waals surface area contributed by atoms with Crippen LogP contribution < -0.4 is 0 Å². The second-order valence-corrected chi connectivity index (χ2v) is 6.54. The predicted molar refractivity (Wildman–Crippen MR) is 95.8 cm³/mol. The number of H-pyrrole nitrogens is 1. The predicted octanol–water partition coefficient (Wildman–Crippen LogP) is 5.86. The largest absolute Gasteiger partial charge is 0.354 e. The van der Waals surface area contributed by atoms with E-state index in [-0.39, 0.29) is 5.41 Å². The van der Waals surface area contributed by atoms with Crippen molar-refractivity contribution in [3.63, 3.8) is 0 Å². The van der Waals surface area contributed by atoms with E-state index < -0.39 is 0 Å². The lowest BCUT2D eigenvalue weighted by atomic mass is 9.89. The maximum absolute atomic E-state index is 3.60. The van der Waals surface area contributed by atoms with Gasteiger partial charge in [0, 0.05) is 27.3 Å². The van der Waals surface area contributed by atoms with Crippen molar-refractivity contribution < 1.29 is 0 Å². The van der Waals surface area contributed by atoms with Crippen LogP contribution in [0.2, 0.25) is 0 Å². The Labute approximate surface area is 130 Å². The van der Waals surface area contributed by atoms with E-state index in [4.69, 9.17) is 0 Å². The minimum absolute atomic E-state index is 0.0625. The van der Waals surface area contributed by atoms with Crippen molar-refractivity contribution in [3.8, 4) is 0 Å². The number of rotatable bonds is 1. The molecule has 0 bridgehead atoms. The van der Waals surface area contributed by atoms with Gasteiger partial charge in [-0.1, -0.05) is 80.6 Å². The van der Waals surface area contributed by atoms with Crippen molar-refractivity contribution >= 4 is 27.4 Å². The zero-order valence-electron chi connectivity index (χ0n) is 12.9. The van der Waals surface area contributed by atoms with Crippen LogP contribution in [0.1, 0.15) is 19.4 Å². The molecule has 1 aliphatic carbocycles. The van der Waals surface area contributed by atoms with E-state index >= 15 is 0 Å². The Hall–Kier alpha value is -2.54. The summed E-state index contributed by atoms with van der Waals surface area (Å²) in [4.78, 5) is 3.60. The van der Waals surface area contributed by atoms with Crippen molar-refractivity contribution in [3.05, 3.63) is 78.4 Å². The Morgan fingerprint density at radius 2 is 1.68 bits per heavy atom. The molecule has 1 heteroatoms. The molecule has 1 nitrogen and oxygen atoms in total. The number of para-hydroxylation sites is 2. The van der Waals surface area contributed by atoms with Crippen LogP contribution in [0.4, 0.5) is 0 Å². The molecule has 4 rings (SSSR count). The Morgan fingerprint density at radius 1 is 0.864 bits per heavy atom. The summed E-state index contributed by atoms with van der Waals surface area (Å²) in [6.45, 7) is 4.48. The minimum Gasteiger partial charge on any atom is -0.354 e. The van der Waals surface area contributed by atoms with Crippen LogP contribution in [-0.2, 0) is 0 Å². The summed E-state index contributed by atoms with van der Waals surface area (Å²) in [6.07, 6.45) is 11.0. The Bertz CT molecular complexity index is 948. The molecule has 0 saturated heterocycles. The van der Waals surface area contributed by atoms with Crippen LogP contribution in [-0.4, -0.2) is 4.98 Å². The molecule has 22 heavy (non-hydrogen) atoms. The number of hydrogen-bond donors (Lipinski definition) is 1. The lowest BCUT2D eigenvalue weighted by molar-refractivity contribution is 0.629. The Balaban J connectivity index is 2.01. The number of benzene rings is 2. The zero-order chi connectivity index (χ0) is 15.2. The number of hydrogen-bond acceptors (Lipinski definition) is 0. The molecule has 1 N–H and O–H groups in total. The molecule has 3 aromatic rings. The van der Waals surface area contributed by atoms with Crippen LogP contribution in [0.3, 0.4) is 0 Å². The molecule has 0 unspecified atom stereocenters. The molecule has 0 fully saturated rings. The van der Waals surface area contributed by atoms with Crippen LogP contribution >= 0.6 is 0 Å². The van der Waals surface area contributed by atoms with Crippen LogP contribution in [0.25, 0.3) is 27.4 Å². The van der Waals surface area contributed by atoms with Crippen molar-refractivity contribution in [2.24, 2.45) is 5.41 Å². The summed E-state index contributed by atoms with van der Waals surface area (Å²) in [5.74, 6) is 0. The number of aromatic nitrogens is 1. The first-order valence-corrected chi connectivity index (χ1v) is 7.73. The highest BCUT2D eigenvalue weighted by molar-refractivity contribution is 6.10. The first-order valence-electron chi connectivity index (χ1n) is 7.73. The van der Waals surface area contributed by atoms with E-state index in [1.54, 1.807) is 0 Å². The quantitative estimate of drug-likeness (QED) is 0.576. The highest BCUT2D eigenvalue weighted by atomic mass is 14.7. The van der Waals surface area contributed by atoms with Crippen molar-refractivity contribution in [2.45, 2.75) is 13.8 Å². The second kappa shape index (κ2) is 4.74. The van der Waals surface area contributed by atoms with Crippen molar-refractivity contribution in [2.75, 3.05) is 0 Å². The molecule has 1 aliphatic rings. The monoisotopic (exact) mass is 285 g/mol. The van der Waals surface area contributed by atoms with E-state index in [9.17, 15) is 0 Å². The van der Waals surface area contributed by atoms with Gasteiger partial charge < -0.3 is 4.98 Å². The zero-order valence-corrected chi connectivity index (χ0v) is 12.9. The van der Waals surface area contributed by atoms with Crippen LogP contribution in [0.15, 0.2) is 72.8 Å². The molecule has 0 radical (unpaired) electrons. The summed E-state index contributed by atoms with van der Waals surface area (Å²) in [7, 11) is 0. The SMILES string of the molecule is CC1(C)C=CC=CC(c2cccc3c2[nH]c2ccccc23)=C1. The topological polar surface area (TPSA) is 15.8 Å².